The number of carbonyl (C=O) groups is 2. The molecule has 1 N–H and O–H groups in total. The zero-order valence-corrected chi connectivity index (χ0v) is 9.20. The zero-order valence-electron chi connectivity index (χ0n) is 9.20. The summed E-state index contributed by atoms with van der Waals surface area (Å²) in [7, 11) is 0. The number of nitrogens with zero attached hydrogens (tertiary/aromatic N) is 1. The smallest absolute Gasteiger partial charge is 0.303 e. The van der Waals surface area contributed by atoms with Gasteiger partial charge in [-0.05, 0) is 18.2 Å². The lowest BCUT2D eigenvalue weighted by molar-refractivity contribution is -0.143. The third-order valence-electron chi connectivity index (χ3n) is 2.67. The van der Waals surface area contributed by atoms with Gasteiger partial charge in [0.25, 0.3) is 0 Å². The standard InChI is InChI=1S/C12H13NO4/c14-11(4-3-10-2-1-5-17-10)13-7-9(8-13)6-12(15)16/h1-5,9H,6-8H2,(H,15,16). The van der Waals surface area contributed by atoms with Crippen molar-refractivity contribution < 1.29 is 19.1 Å². The molecule has 1 aliphatic heterocycles. The Morgan fingerprint density at radius 2 is 2.29 bits per heavy atom. The second kappa shape index (κ2) is 4.86. The Bertz CT molecular complexity index is 429. The largest absolute Gasteiger partial charge is 0.481 e. The lowest BCUT2D eigenvalue weighted by atomic mass is 9.96. The van der Waals surface area contributed by atoms with Gasteiger partial charge < -0.3 is 14.4 Å². The van der Waals surface area contributed by atoms with Gasteiger partial charge in [-0.1, -0.05) is 0 Å². The van der Waals surface area contributed by atoms with Crippen LogP contribution in [0.2, 0.25) is 0 Å². The molecule has 0 aliphatic carbocycles. The fourth-order valence-corrected chi connectivity index (χ4v) is 1.77. The minimum Gasteiger partial charge on any atom is -0.481 e. The number of amides is 1. The van der Waals surface area contributed by atoms with Crippen LogP contribution in [0.3, 0.4) is 0 Å². The summed E-state index contributed by atoms with van der Waals surface area (Å²) in [4.78, 5) is 23.7. The molecule has 2 heterocycles. The minimum atomic E-state index is -0.812. The molecule has 2 rings (SSSR count). The van der Waals surface area contributed by atoms with Gasteiger partial charge in [0.2, 0.25) is 5.91 Å². The Labute approximate surface area is 98.3 Å². The maximum absolute atomic E-state index is 11.6. The molecule has 1 aliphatic rings. The number of carbonyl (C=O) groups excluding carboxylic acids is 1. The van der Waals surface area contributed by atoms with E-state index in [2.05, 4.69) is 0 Å². The molecule has 5 heteroatoms. The molecule has 0 aromatic carbocycles. The Hall–Kier alpha value is -2.04. The summed E-state index contributed by atoms with van der Waals surface area (Å²) in [6, 6.07) is 3.50. The molecule has 0 radical (unpaired) electrons. The van der Waals surface area contributed by atoms with Gasteiger partial charge in [-0.3, -0.25) is 9.59 Å². The normalized spacial score (nSPS) is 16.1. The van der Waals surface area contributed by atoms with Crippen molar-refractivity contribution in [2.75, 3.05) is 13.1 Å². The van der Waals surface area contributed by atoms with Crippen molar-refractivity contribution in [3.63, 3.8) is 0 Å². The number of carboxylic acid groups (broad SMARTS) is 1. The summed E-state index contributed by atoms with van der Waals surface area (Å²) in [6.45, 7) is 1.04. The summed E-state index contributed by atoms with van der Waals surface area (Å²) >= 11 is 0. The van der Waals surface area contributed by atoms with Gasteiger partial charge in [0.15, 0.2) is 0 Å². The Morgan fingerprint density at radius 1 is 1.53 bits per heavy atom. The van der Waals surface area contributed by atoms with Crippen LogP contribution in [-0.2, 0) is 9.59 Å². The molecule has 5 nitrogen and oxygen atoms in total. The molecule has 1 fully saturated rings. The van der Waals surface area contributed by atoms with Gasteiger partial charge in [0.05, 0.1) is 12.7 Å². The highest BCUT2D eigenvalue weighted by molar-refractivity contribution is 5.92. The third-order valence-corrected chi connectivity index (χ3v) is 2.67. The number of rotatable bonds is 4. The van der Waals surface area contributed by atoms with E-state index in [1.807, 2.05) is 0 Å². The number of hydrogen-bond donors (Lipinski definition) is 1. The molecule has 0 bridgehead atoms. The highest BCUT2D eigenvalue weighted by Gasteiger charge is 2.30. The van der Waals surface area contributed by atoms with E-state index in [4.69, 9.17) is 9.52 Å². The van der Waals surface area contributed by atoms with Crippen molar-refractivity contribution in [2.45, 2.75) is 6.42 Å². The predicted octanol–water partition coefficient (Wildman–Crippen LogP) is 1.23. The van der Waals surface area contributed by atoms with E-state index in [0.29, 0.717) is 18.8 Å². The fraction of sp³-hybridized carbons (Fsp3) is 0.333. The van der Waals surface area contributed by atoms with Crippen molar-refractivity contribution in [1.82, 2.24) is 4.90 Å². The van der Waals surface area contributed by atoms with Crippen LogP contribution in [0.4, 0.5) is 0 Å². The number of likely N-dealkylation sites (tertiary alicyclic amines) is 1. The van der Waals surface area contributed by atoms with Gasteiger partial charge in [0.1, 0.15) is 5.76 Å². The molecule has 0 spiro atoms. The summed E-state index contributed by atoms with van der Waals surface area (Å²) in [6.07, 6.45) is 4.71. The monoisotopic (exact) mass is 235 g/mol. The van der Waals surface area contributed by atoms with Crippen LogP contribution in [-0.4, -0.2) is 35.0 Å². The molecular weight excluding hydrogens is 222 g/mol. The molecule has 1 aromatic heterocycles. The second-order valence-electron chi connectivity index (χ2n) is 4.06. The minimum absolute atomic E-state index is 0.0912. The van der Waals surface area contributed by atoms with Crippen LogP contribution < -0.4 is 0 Å². The maximum Gasteiger partial charge on any atom is 0.303 e. The summed E-state index contributed by atoms with van der Waals surface area (Å²) in [5, 5.41) is 8.57. The van der Waals surface area contributed by atoms with Crippen molar-refractivity contribution in [3.8, 4) is 0 Å². The van der Waals surface area contributed by atoms with E-state index in [9.17, 15) is 9.59 Å². The van der Waals surface area contributed by atoms with E-state index in [0.717, 1.165) is 0 Å². The van der Waals surface area contributed by atoms with Crippen LogP contribution in [0.5, 0.6) is 0 Å². The van der Waals surface area contributed by atoms with Crippen LogP contribution in [0.15, 0.2) is 28.9 Å². The number of hydrogen-bond acceptors (Lipinski definition) is 3. The second-order valence-corrected chi connectivity index (χ2v) is 4.06. The van der Waals surface area contributed by atoms with Crippen LogP contribution in [0.1, 0.15) is 12.2 Å². The van der Waals surface area contributed by atoms with E-state index in [1.54, 1.807) is 23.1 Å². The first-order valence-electron chi connectivity index (χ1n) is 5.37. The zero-order chi connectivity index (χ0) is 12.3. The Balaban J connectivity index is 1.78. The van der Waals surface area contributed by atoms with Crippen LogP contribution in [0.25, 0.3) is 6.08 Å². The fourth-order valence-electron chi connectivity index (χ4n) is 1.77. The highest BCUT2D eigenvalue weighted by Crippen LogP contribution is 2.19. The van der Waals surface area contributed by atoms with Crippen molar-refractivity contribution >= 4 is 18.0 Å². The summed E-state index contributed by atoms with van der Waals surface area (Å²) in [5.41, 5.74) is 0. The third kappa shape index (κ3) is 2.96. The van der Waals surface area contributed by atoms with Crippen molar-refractivity contribution in [1.29, 1.82) is 0 Å². The van der Waals surface area contributed by atoms with E-state index < -0.39 is 5.97 Å². The maximum atomic E-state index is 11.6. The average molecular weight is 235 g/mol. The van der Waals surface area contributed by atoms with Gasteiger partial charge in [-0.25, -0.2) is 0 Å². The van der Waals surface area contributed by atoms with E-state index >= 15 is 0 Å². The average Bonchev–Trinajstić information content (AvgIpc) is 2.71. The van der Waals surface area contributed by atoms with E-state index in [-0.39, 0.29) is 18.2 Å². The molecule has 0 atom stereocenters. The Kier molecular flexibility index (Phi) is 3.27. The Morgan fingerprint density at radius 3 is 2.88 bits per heavy atom. The number of furan rings is 1. The van der Waals surface area contributed by atoms with Crippen LogP contribution in [0, 0.1) is 5.92 Å². The molecule has 17 heavy (non-hydrogen) atoms. The quantitative estimate of drug-likeness (QED) is 0.797. The van der Waals surface area contributed by atoms with Crippen molar-refractivity contribution in [3.05, 3.63) is 30.2 Å². The molecule has 0 unspecified atom stereocenters. The first kappa shape index (κ1) is 11.4. The number of carboxylic acids is 1. The molecule has 90 valence electrons. The van der Waals surface area contributed by atoms with Gasteiger partial charge in [0, 0.05) is 25.1 Å². The molecule has 1 saturated heterocycles. The lowest BCUT2D eigenvalue weighted by Gasteiger charge is -2.37. The SMILES string of the molecule is O=C(O)CC1CN(C(=O)C=Cc2ccco2)C1. The van der Waals surface area contributed by atoms with E-state index in [1.165, 1.54) is 12.3 Å². The van der Waals surface area contributed by atoms with Gasteiger partial charge >= 0.3 is 5.97 Å². The van der Waals surface area contributed by atoms with Gasteiger partial charge in [-0.15, -0.1) is 0 Å². The molecular formula is C12H13NO4. The van der Waals surface area contributed by atoms with Crippen molar-refractivity contribution in [2.24, 2.45) is 5.92 Å². The summed E-state index contributed by atoms with van der Waals surface area (Å²) in [5.74, 6) is -0.203. The summed E-state index contributed by atoms with van der Waals surface area (Å²) < 4.78 is 5.05. The predicted molar refractivity (Wildman–Crippen MR) is 60.1 cm³/mol. The van der Waals surface area contributed by atoms with Crippen LogP contribution >= 0.6 is 0 Å². The highest BCUT2D eigenvalue weighted by atomic mass is 16.4. The number of aliphatic carboxylic acids is 1. The molecule has 0 saturated carbocycles. The molecule has 1 aromatic rings. The lowest BCUT2D eigenvalue weighted by Crippen LogP contribution is -2.49. The first-order valence-corrected chi connectivity index (χ1v) is 5.37. The first-order chi connectivity index (χ1) is 8.15. The topological polar surface area (TPSA) is 70.8 Å². The van der Waals surface area contributed by atoms with Gasteiger partial charge in [-0.2, -0.15) is 0 Å². The molecule has 1 amide bonds.